The number of rotatable bonds is 3. The molecule has 0 fully saturated rings. The van der Waals surface area contributed by atoms with Gasteiger partial charge in [-0.3, -0.25) is 4.98 Å². The highest BCUT2D eigenvalue weighted by atomic mass is 32.1. The van der Waals surface area contributed by atoms with Crippen LogP contribution in [0, 0.1) is 11.3 Å². The molecule has 3 nitrogen and oxygen atoms in total. The Bertz CT molecular complexity index is 470. The van der Waals surface area contributed by atoms with E-state index < -0.39 is 0 Å². The Labute approximate surface area is 92.1 Å². The summed E-state index contributed by atoms with van der Waals surface area (Å²) in [5, 5.41) is 11.4. The maximum Gasteiger partial charge on any atom is 0.142 e. The highest BCUT2D eigenvalue weighted by Crippen LogP contribution is 2.21. The lowest BCUT2D eigenvalue weighted by Crippen LogP contribution is -1.85. The molecular formula is C11H9N3S. The highest BCUT2D eigenvalue weighted by Gasteiger charge is 2.04. The van der Waals surface area contributed by atoms with Crippen LogP contribution in [0.5, 0.6) is 0 Å². The molecule has 0 aromatic carbocycles. The summed E-state index contributed by atoms with van der Waals surface area (Å²) < 4.78 is 0. The third-order valence-corrected chi connectivity index (χ3v) is 2.84. The van der Waals surface area contributed by atoms with Crippen molar-refractivity contribution in [1.29, 1.82) is 5.26 Å². The molecule has 0 radical (unpaired) electrons. The van der Waals surface area contributed by atoms with Crippen LogP contribution in [-0.2, 0) is 6.42 Å². The van der Waals surface area contributed by atoms with Crippen molar-refractivity contribution >= 4 is 11.3 Å². The number of thiazole rings is 1. The smallest absolute Gasteiger partial charge is 0.142 e. The van der Waals surface area contributed by atoms with Gasteiger partial charge in [0.2, 0.25) is 0 Å². The summed E-state index contributed by atoms with van der Waals surface area (Å²) in [5.41, 5.74) is 1.87. The van der Waals surface area contributed by atoms with E-state index in [1.54, 1.807) is 17.5 Å². The first-order valence-corrected chi connectivity index (χ1v) is 5.51. The molecule has 0 bridgehead atoms. The maximum atomic E-state index is 8.46. The van der Waals surface area contributed by atoms with Gasteiger partial charge in [-0.05, 0) is 12.1 Å². The molecule has 2 aromatic heterocycles. The average molecular weight is 215 g/mol. The summed E-state index contributed by atoms with van der Waals surface area (Å²) in [7, 11) is 0. The van der Waals surface area contributed by atoms with Crippen molar-refractivity contribution in [3.8, 4) is 16.8 Å². The second-order valence-corrected chi connectivity index (χ2v) is 3.88. The molecule has 0 amide bonds. The van der Waals surface area contributed by atoms with Crippen LogP contribution in [0.15, 0.2) is 29.8 Å². The molecule has 2 heterocycles. The van der Waals surface area contributed by atoms with E-state index in [0.717, 1.165) is 22.8 Å². The molecule has 0 saturated heterocycles. The first-order chi connectivity index (χ1) is 7.40. The maximum absolute atomic E-state index is 8.46. The monoisotopic (exact) mass is 215 g/mol. The first-order valence-electron chi connectivity index (χ1n) is 4.63. The molecule has 0 saturated carbocycles. The van der Waals surface area contributed by atoms with Crippen LogP contribution in [0.3, 0.4) is 0 Å². The predicted molar refractivity (Wildman–Crippen MR) is 59.3 cm³/mol. The second-order valence-electron chi connectivity index (χ2n) is 3.02. The molecule has 74 valence electrons. The van der Waals surface area contributed by atoms with E-state index in [0.29, 0.717) is 6.42 Å². The molecule has 0 unspecified atom stereocenters. The molecule has 0 aliphatic rings. The summed E-state index contributed by atoms with van der Waals surface area (Å²) in [6.07, 6.45) is 3.00. The number of nitrogens with zero attached hydrogens (tertiary/aromatic N) is 3. The van der Waals surface area contributed by atoms with Gasteiger partial charge in [0.25, 0.3) is 0 Å². The Balaban J connectivity index is 2.18. The van der Waals surface area contributed by atoms with E-state index in [9.17, 15) is 0 Å². The zero-order chi connectivity index (χ0) is 10.5. The van der Waals surface area contributed by atoms with Crippen LogP contribution in [0.1, 0.15) is 12.1 Å². The third-order valence-electron chi connectivity index (χ3n) is 1.93. The van der Waals surface area contributed by atoms with Crippen molar-refractivity contribution in [1.82, 2.24) is 9.97 Å². The number of aromatic nitrogens is 2. The lowest BCUT2D eigenvalue weighted by molar-refractivity contribution is 0.968. The largest absolute Gasteiger partial charge is 0.254 e. The molecular weight excluding hydrogens is 206 g/mol. The highest BCUT2D eigenvalue weighted by molar-refractivity contribution is 7.13. The lowest BCUT2D eigenvalue weighted by Gasteiger charge is -1.92. The number of nitriles is 1. The van der Waals surface area contributed by atoms with Crippen molar-refractivity contribution in [2.75, 3.05) is 0 Å². The van der Waals surface area contributed by atoms with E-state index in [1.165, 1.54) is 0 Å². The summed E-state index contributed by atoms with van der Waals surface area (Å²) in [6.45, 7) is 0. The van der Waals surface area contributed by atoms with Gasteiger partial charge in [0, 0.05) is 24.4 Å². The predicted octanol–water partition coefficient (Wildman–Crippen LogP) is 2.66. The van der Waals surface area contributed by atoms with Crippen LogP contribution in [0.4, 0.5) is 0 Å². The van der Waals surface area contributed by atoms with Gasteiger partial charge in [-0.2, -0.15) is 5.26 Å². The van der Waals surface area contributed by atoms with Gasteiger partial charge >= 0.3 is 0 Å². The third kappa shape index (κ3) is 2.39. The fourth-order valence-corrected chi connectivity index (χ4v) is 2.04. The minimum absolute atomic E-state index is 0.519. The Morgan fingerprint density at radius 3 is 3.07 bits per heavy atom. The molecule has 0 N–H and O–H groups in total. The minimum atomic E-state index is 0.519. The number of hydrogen-bond acceptors (Lipinski definition) is 4. The Kier molecular flexibility index (Phi) is 3.05. The van der Waals surface area contributed by atoms with Gasteiger partial charge in [0.1, 0.15) is 5.01 Å². The van der Waals surface area contributed by atoms with Gasteiger partial charge in [-0.15, -0.1) is 11.3 Å². The summed E-state index contributed by atoms with van der Waals surface area (Å²) in [6, 6.07) is 7.88. The SMILES string of the molecule is N#CCCc1csc(-c2ccccn2)n1. The number of hydrogen-bond donors (Lipinski definition) is 0. The van der Waals surface area contributed by atoms with E-state index in [-0.39, 0.29) is 0 Å². The zero-order valence-electron chi connectivity index (χ0n) is 8.05. The van der Waals surface area contributed by atoms with Gasteiger partial charge in [0.15, 0.2) is 0 Å². The van der Waals surface area contributed by atoms with Gasteiger partial charge in [-0.1, -0.05) is 6.07 Å². The molecule has 4 heteroatoms. The summed E-state index contributed by atoms with van der Waals surface area (Å²) in [4.78, 5) is 8.65. The van der Waals surface area contributed by atoms with Crippen LogP contribution in [0.2, 0.25) is 0 Å². The van der Waals surface area contributed by atoms with Crippen molar-refractivity contribution in [3.05, 3.63) is 35.5 Å². The van der Waals surface area contributed by atoms with Gasteiger partial charge in [-0.25, -0.2) is 4.98 Å². The first kappa shape index (κ1) is 9.81. The standard InChI is InChI=1S/C11H9N3S/c12-6-3-4-9-8-15-11(14-9)10-5-1-2-7-13-10/h1-2,5,7-8H,3-4H2. The molecule has 0 aliphatic heterocycles. The normalized spacial score (nSPS) is 9.80. The van der Waals surface area contributed by atoms with E-state index in [1.807, 2.05) is 23.6 Å². The zero-order valence-corrected chi connectivity index (χ0v) is 8.87. The lowest BCUT2D eigenvalue weighted by atomic mass is 10.3. The fourth-order valence-electron chi connectivity index (χ4n) is 1.21. The van der Waals surface area contributed by atoms with Crippen LogP contribution in [0.25, 0.3) is 10.7 Å². The Hall–Kier alpha value is -1.73. The van der Waals surface area contributed by atoms with Crippen molar-refractivity contribution in [3.63, 3.8) is 0 Å². The summed E-state index contributed by atoms with van der Waals surface area (Å²) >= 11 is 1.57. The number of aryl methyl sites for hydroxylation is 1. The second kappa shape index (κ2) is 4.67. The van der Waals surface area contributed by atoms with Crippen molar-refractivity contribution in [2.24, 2.45) is 0 Å². The Morgan fingerprint density at radius 2 is 2.33 bits per heavy atom. The average Bonchev–Trinajstić information content (AvgIpc) is 2.76. The van der Waals surface area contributed by atoms with Crippen molar-refractivity contribution in [2.45, 2.75) is 12.8 Å². The molecule has 0 spiro atoms. The van der Waals surface area contributed by atoms with Crippen LogP contribution < -0.4 is 0 Å². The fraction of sp³-hybridized carbons (Fsp3) is 0.182. The topological polar surface area (TPSA) is 49.6 Å². The van der Waals surface area contributed by atoms with Crippen molar-refractivity contribution < 1.29 is 0 Å². The molecule has 0 atom stereocenters. The van der Waals surface area contributed by atoms with Gasteiger partial charge < -0.3 is 0 Å². The quantitative estimate of drug-likeness (QED) is 0.790. The molecule has 2 aromatic rings. The molecule has 2 rings (SSSR count). The van der Waals surface area contributed by atoms with E-state index in [4.69, 9.17) is 5.26 Å². The molecule has 15 heavy (non-hydrogen) atoms. The minimum Gasteiger partial charge on any atom is -0.254 e. The van der Waals surface area contributed by atoms with Gasteiger partial charge in [0.05, 0.1) is 17.5 Å². The summed E-state index contributed by atoms with van der Waals surface area (Å²) in [5.74, 6) is 0. The Morgan fingerprint density at radius 1 is 1.40 bits per heavy atom. The molecule has 0 aliphatic carbocycles. The number of pyridine rings is 1. The van der Waals surface area contributed by atoms with Crippen LogP contribution in [-0.4, -0.2) is 9.97 Å². The van der Waals surface area contributed by atoms with Crippen LogP contribution >= 0.6 is 11.3 Å². The van der Waals surface area contributed by atoms with E-state index >= 15 is 0 Å². The van der Waals surface area contributed by atoms with E-state index in [2.05, 4.69) is 16.0 Å².